The van der Waals surface area contributed by atoms with E-state index in [9.17, 15) is 24.3 Å². The van der Waals surface area contributed by atoms with E-state index in [0.29, 0.717) is 18.6 Å². The van der Waals surface area contributed by atoms with Crippen LogP contribution in [0.25, 0.3) is 0 Å². The number of carboxylic acids is 1. The molecule has 2 atom stereocenters. The van der Waals surface area contributed by atoms with Crippen LogP contribution in [0.15, 0.2) is 41.4 Å². The van der Waals surface area contributed by atoms with E-state index in [1.807, 2.05) is 0 Å². The number of nitrogens with one attached hydrogen (secondary N) is 4. The maximum absolute atomic E-state index is 12.4. The Labute approximate surface area is 193 Å². The van der Waals surface area contributed by atoms with Crippen LogP contribution in [0.5, 0.6) is 0 Å². The van der Waals surface area contributed by atoms with Gasteiger partial charge >= 0.3 is 5.97 Å². The molecule has 13 heteroatoms. The van der Waals surface area contributed by atoms with Gasteiger partial charge < -0.3 is 36.8 Å². The number of hydrogen-bond acceptors (Lipinski definition) is 9. The summed E-state index contributed by atoms with van der Waals surface area (Å²) in [6, 6.07) is 4.72. The van der Waals surface area contributed by atoms with Crippen LogP contribution in [0.2, 0.25) is 0 Å². The van der Waals surface area contributed by atoms with Gasteiger partial charge in [-0.05, 0) is 30.7 Å². The van der Waals surface area contributed by atoms with Gasteiger partial charge in [-0.2, -0.15) is 4.98 Å². The van der Waals surface area contributed by atoms with Crippen molar-refractivity contribution in [3.05, 3.63) is 52.5 Å². The highest BCUT2D eigenvalue weighted by atomic mass is 16.4. The zero-order chi connectivity index (χ0) is 24.8. The fraction of sp³-hybridized carbons (Fsp3) is 0.286. The number of H-pyrrole nitrogens is 1. The van der Waals surface area contributed by atoms with Crippen LogP contribution in [0, 0.1) is 0 Å². The van der Waals surface area contributed by atoms with E-state index < -0.39 is 29.5 Å². The van der Waals surface area contributed by atoms with E-state index in [0.717, 1.165) is 0 Å². The Morgan fingerprint density at radius 1 is 1.32 bits per heavy atom. The molecule has 0 saturated carbocycles. The number of nitrogen functional groups attached to an aromatic ring is 1. The van der Waals surface area contributed by atoms with Crippen LogP contribution in [0.3, 0.4) is 0 Å². The SMILES string of the molecule is C=C(O)CCC(NC(=O)c1ccc(NCC2CNc3nc(N)[nH]c(=O)c3N2C=O)cc1)C(=O)O. The van der Waals surface area contributed by atoms with Crippen molar-refractivity contribution in [1.29, 1.82) is 0 Å². The zero-order valence-corrected chi connectivity index (χ0v) is 18.1. The summed E-state index contributed by atoms with van der Waals surface area (Å²) >= 11 is 0. The number of allylic oxidation sites excluding steroid dienone is 1. The summed E-state index contributed by atoms with van der Waals surface area (Å²) in [5.74, 6) is -1.79. The predicted octanol–water partition coefficient (Wildman–Crippen LogP) is 0.256. The predicted molar refractivity (Wildman–Crippen MR) is 125 cm³/mol. The lowest BCUT2D eigenvalue weighted by Gasteiger charge is -2.34. The highest BCUT2D eigenvalue weighted by molar-refractivity contribution is 5.96. The van der Waals surface area contributed by atoms with Gasteiger partial charge in [-0.25, -0.2) is 4.79 Å². The number of fused-ring (bicyclic) bond motifs is 1. The molecule has 0 spiro atoms. The normalized spacial score (nSPS) is 15.4. The Hall–Kier alpha value is -4.55. The van der Waals surface area contributed by atoms with Crippen molar-refractivity contribution in [3.8, 4) is 0 Å². The van der Waals surface area contributed by atoms with Gasteiger partial charge in [0.2, 0.25) is 12.4 Å². The summed E-state index contributed by atoms with van der Waals surface area (Å²) in [5.41, 5.74) is 5.97. The number of benzene rings is 1. The molecule has 1 aromatic carbocycles. The number of carbonyl (C=O) groups excluding carboxylic acids is 2. The molecule has 1 aliphatic rings. The maximum atomic E-state index is 12.4. The lowest BCUT2D eigenvalue weighted by Crippen LogP contribution is -2.50. The number of nitrogens with zero attached hydrogens (tertiary/aromatic N) is 2. The molecule has 180 valence electrons. The Morgan fingerprint density at radius 3 is 2.65 bits per heavy atom. The van der Waals surface area contributed by atoms with Crippen LogP contribution in [0.4, 0.5) is 23.1 Å². The number of nitrogens with two attached hydrogens (primary N) is 1. The monoisotopic (exact) mass is 471 g/mol. The molecule has 2 amide bonds. The Balaban J connectivity index is 1.62. The summed E-state index contributed by atoms with van der Waals surface area (Å²) in [5, 5.41) is 26.9. The highest BCUT2D eigenvalue weighted by Crippen LogP contribution is 2.25. The molecule has 2 aromatic rings. The van der Waals surface area contributed by atoms with Crippen LogP contribution < -0.4 is 32.1 Å². The van der Waals surface area contributed by atoms with Crippen molar-refractivity contribution in [1.82, 2.24) is 15.3 Å². The number of aliphatic carboxylic acids is 1. The smallest absolute Gasteiger partial charge is 0.326 e. The quantitative estimate of drug-likeness (QED) is 0.186. The van der Waals surface area contributed by atoms with Crippen LogP contribution in [-0.2, 0) is 9.59 Å². The number of aromatic nitrogens is 2. The number of aromatic amines is 1. The average molecular weight is 471 g/mol. The topological polar surface area (TPSA) is 203 Å². The standard InChI is InChI=1S/C21H25N7O6/c1-11(30)2-7-15(20(33)34)25-18(31)12-3-5-13(6-4-12)23-8-14-9-24-17-16(28(14)10-29)19(32)27-21(22)26-17/h3-6,10,14-15,23,30H,1-2,7-9H2,(H,25,31)(H,33,34)(H4,22,24,26,27,32). The molecule has 1 aliphatic heterocycles. The van der Waals surface area contributed by atoms with E-state index in [2.05, 4.69) is 32.5 Å². The number of aliphatic hydroxyl groups is 1. The van der Waals surface area contributed by atoms with Crippen LogP contribution in [0.1, 0.15) is 23.2 Å². The van der Waals surface area contributed by atoms with E-state index in [-0.39, 0.29) is 48.2 Å². The number of anilines is 4. The number of carbonyl (C=O) groups is 3. The second-order valence-corrected chi connectivity index (χ2v) is 7.62. The minimum Gasteiger partial charge on any atom is -0.513 e. The lowest BCUT2D eigenvalue weighted by atomic mass is 10.1. The van der Waals surface area contributed by atoms with Gasteiger partial charge in [0.15, 0.2) is 11.5 Å². The molecule has 1 aromatic heterocycles. The minimum absolute atomic E-state index is 0.00672. The van der Waals surface area contributed by atoms with Crippen molar-refractivity contribution < 1.29 is 24.6 Å². The van der Waals surface area contributed by atoms with Gasteiger partial charge in [0.25, 0.3) is 11.5 Å². The summed E-state index contributed by atoms with van der Waals surface area (Å²) in [6.07, 6.45) is 0.609. The fourth-order valence-corrected chi connectivity index (χ4v) is 3.44. The molecule has 0 bridgehead atoms. The third-order valence-electron chi connectivity index (χ3n) is 5.20. The Morgan fingerprint density at radius 2 is 2.03 bits per heavy atom. The first-order valence-electron chi connectivity index (χ1n) is 10.3. The summed E-state index contributed by atoms with van der Waals surface area (Å²) in [4.78, 5) is 55.3. The second-order valence-electron chi connectivity index (χ2n) is 7.62. The van der Waals surface area contributed by atoms with E-state index in [4.69, 9.17) is 10.8 Å². The van der Waals surface area contributed by atoms with Crippen molar-refractivity contribution >= 4 is 41.4 Å². The molecule has 0 radical (unpaired) electrons. The fourth-order valence-electron chi connectivity index (χ4n) is 3.44. The number of carboxylic acid groups (broad SMARTS) is 1. The van der Waals surface area contributed by atoms with Gasteiger partial charge in [-0.3, -0.25) is 19.4 Å². The molecule has 0 fully saturated rings. The number of aliphatic hydroxyl groups excluding tert-OH is 1. The molecule has 0 aliphatic carbocycles. The lowest BCUT2D eigenvalue weighted by molar-refractivity contribution is -0.139. The van der Waals surface area contributed by atoms with Crippen molar-refractivity contribution in [2.45, 2.75) is 24.9 Å². The largest absolute Gasteiger partial charge is 0.513 e. The van der Waals surface area contributed by atoms with Gasteiger partial charge in [-0.1, -0.05) is 6.58 Å². The van der Waals surface area contributed by atoms with Crippen LogP contribution in [-0.4, -0.2) is 63.6 Å². The van der Waals surface area contributed by atoms with Gasteiger partial charge in [0.1, 0.15) is 6.04 Å². The first-order valence-corrected chi connectivity index (χ1v) is 10.3. The molecule has 2 unspecified atom stereocenters. The number of hydrogen-bond donors (Lipinski definition) is 7. The molecule has 2 heterocycles. The number of rotatable bonds is 10. The highest BCUT2D eigenvalue weighted by Gasteiger charge is 2.29. The molecule has 8 N–H and O–H groups in total. The van der Waals surface area contributed by atoms with E-state index in [1.165, 1.54) is 17.0 Å². The van der Waals surface area contributed by atoms with E-state index in [1.54, 1.807) is 12.1 Å². The van der Waals surface area contributed by atoms with E-state index >= 15 is 0 Å². The summed E-state index contributed by atoms with van der Waals surface area (Å²) < 4.78 is 0. The molecule has 3 rings (SSSR count). The van der Waals surface area contributed by atoms with Gasteiger partial charge in [-0.15, -0.1) is 0 Å². The zero-order valence-electron chi connectivity index (χ0n) is 18.1. The first-order chi connectivity index (χ1) is 16.2. The number of amides is 2. The Kier molecular flexibility index (Phi) is 7.36. The first kappa shape index (κ1) is 24.1. The second kappa shape index (κ2) is 10.4. The molecular formula is C21H25N7O6. The average Bonchev–Trinajstić information content (AvgIpc) is 2.79. The van der Waals surface area contributed by atoms with Crippen LogP contribution >= 0.6 is 0 Å². The molecule has 34 heavy (non-hydrogen) atoms. The van der Waals surface area contributed by atoms with Gasteiger partial charge in [0.05, 0.1) is 11.8 Å². The van der Waals surface area contributed by atoms with Crippen molar-refractivity contribution in [2.24, 2.45) is 0 Å². The summed E-state index contributed by atoms with van der Waals surface area (Å²) in [6.45, 7) is 3.91. The maximum Gasteiger partial charge on any atom is 0.326 e. The molecule has 13 nitrogen and oxygen atoms in total. The molecule has 0 saturated heterocycles. The van der Waals surface area contributed by atoms with Crippen molar-refractivity contribution in [2.75, 3.05) is 34.4 Å². The van der Waals surface area contributed by atoms with Gasteiger partial charge in [0, 0.05) is 30.8 Å². The third kappa shape index (κ3) is 5.62. The third-order valence-corrected chi connectivity index (χ3v) is 5.20. The molecular weight excluding hydrogens is 446 g/mol. The summed E-state index contributed by atoms with van der Waals surface area (Å²) in [7, 11) is 0. The Bertz CT molecular complexity index is 1150. The van der Waals surface area contributed by atoms with Crippen molar-refractivity contribution in [3.63, 3.8) is 0 Å². The minimum atomic E-state index is -1.22.